The fourth-order valence-electron chi connectivity index (χ4n) is 5.56. The molecule has 0 saturated heterocycles. The summed E-state index contributed by atoms with van der Waals surface area (Å²) in [5.41, 5.74) is -1.59. The zero-order valence-electron chi connectivity index (χ0n) is 35.6. The molecule has 0 amide bonds. The van der Waals surface area contributed by atoms with Crippen LogP contribution in [0.2, 0.25) is 20.6 Å². The highest BCUT2D eigenvalue weighted by atomic mass is 35.5. The minimum absolute atomic E-state index is 0.175. The molecule has 0 bridgehead atoms. The predicted octanol–water partition coefficient (Wildman–Crippen LogP) is 12.0. The van der Waals surface area contributed by atoms with E-state index in [1.807, 2.05) is 24.3 Å². The van der Waals surface area contributed by atoms with Crippen molar-refractivity contribution in [3.8, 4) is 0 Å². The maximum absolute atomic E-state index is 12.3. The van der Waals surface area contributed by atoms with Crippen LogP contribution >= 0.6 is 92.5 Å². The minimum Gasteiger partial charge on any atom is -0.207 e. The van der Waals surface area contributed by atoms with Crippen LogP contribution in [0.1, 0.15) is 62.3 Å². The van der Waals surface area contributed by atoms with Crippen molar-refractivity contribution in [3.05, 3.63) is 99.5 Å². The molecule has 4 aromatic carbocycles. The first-order valence-electron chi connectivity index (χ1n) is 18.7. The predicted molar refractivity (Wildman–Crippen MR) is 269 cm³/mol. The van der Waals surface area contributed by atoms with Crippen LogP contribution < -0.4 is 14.2 Å². The highest BCUT2D eigenvalue weighted by Crippen LogP contribution is 2.34. The molecule has 0 unspecified atom stereocenters. The summed E-state index contributed by atoms with van der Waals surface area (Å²) in [6, 6.07) is 22.8. The second-order valence-electron chi connectivity index (χ2n) is 16.9. The van der Waals surface area contributed by atoms with Gasteiger partial charge in [-0.1, -0.05) is 82.8 Å². The van der Waals surface area contributed by atoms with Gasteiger partial charge in [0, 0.05) is 32.8 Å². The molecule has 3 N–H and O–H groups in total. The van der Waals surface area contributed by atoms with Crippen molar-refractivity contribution >= 4 is 163 Å². The van der Waals surface area contributed by atoms with Crippen molar-refractivity contribution in [2.75, 3.05) is 0 Å². The Morgan fingerprint density at radius 3 is 1.45 bits per heavy atom. The Morgan fingerprint density at radius 1 is 0.438 bits per heavy atom. The monoisotopic (exact) mass is 1080 g/mol. The highest BCUT2D eigenvalue weighted by Gasteiger charge is 2.27. The molecular weight excluding hydrogens is 1040 g/mol. The molecule has 8 aromatic rings. The van der Waals surface area contributed by atoms with Crippen LogP contribution in [-0.4, -0.2) is 59.4 Å². The lowest BCUT2D eigenvalue weighted by atomic mass is 10.1. The van der Waals surface area contributed by atoms with E-state index in [0.717, 1.165) is 36.4 Å². The van der Waals surface area contributed by atoms with Gasteiger partial charge in [0.2, 0.25) is 30.1 Å². The summed E-state index contributed by atoms with van der Waals surface area (Å²) in [6.45, 7) is 16.2. The summed E-state index contributed by atoms with van der Waals surface area (Å²) in [5, 5.41) is 4.56. The van der Waals surface area contributed by atoms with E-state index in [9.17, 15) is 25.3 Å². The van der Waals surface area contributed by atoms with E-state index in [2.05, 4.69) is 31.7 Å². The fraction of sp³-hybridized carbons (Fsp3) is 0.300. The molecule has 0 spiro atoms. The van der Waals surface area contributed by atoms with E-state index in [1.165, 1.54) is 46.7 Å². The Balaban J connectivity index is 0.000000164. The summed E-state index contributed by atoms with van der Waals surface area (Å²) in [6.07, 6.45) is 0. The Bertz CT molecular complexity index is 3280. The smallest absolute Gasteiger partial charge is 0.207 e. The van der Waals surface area contributed by atoms with Crippen LogP contribution in [0.4, 0.5) is 0 Å². The maximum atomic E-state index is 12.3. The van der Waals surface area contributed by atoms with Gasteiger partial charge in [0.1, 0.15) is 4.90 Å². The molecule has 24 heteroatoms. The van der Waals surface area contributed by atoms with Crippen LogP contribution in [0.3, 0.4) is 0 Å². The van der Waals surface area contributed by atoms with Gasteiger partial charge >= 0.3 is 0 Å². The third-order valence-electron chi connectivity index (χ3n) is 7.78. The van der Waals surface area contributed by atoms with E-state index in [0.29, 0.717) is 30.9 Å². The number of benzene rings is 4. The molecule has 4 aromatic heterocycles. The summed E-state index contributed by atoms with van der Waals surface area (Å²) in [4.78, 5) is 0.623. The lowest BCUT2D eigenvalue weighted by Gasteiger charge is -2.20. The van der Waals surface area contributed by atoms with Crippen LogP contribution in [0.5, 0.6) is 0 Å². The third kappa shape index (κ3) is 13.7. The molecule has 0 atom stereocenters. The number of halogens is 4. The molecule has 0 radical (unpaired) electrons. The number of fused-ring (bicyclic) bond motifs is 4. The normalized spacial score (nSPS) is 12.7. The van der Waals surface area contributed by atoms with Gasteiger partial charge in [0.15, 0.2) is 20.6 Å². The van der Waals surface area contributed by atoms with Gasteiger partial charge in [-0.15, -0.1) is 0 Å². The molecule has 0 saturated carbocycles. The van der Waals surface area contributed by atoms with Gasteiger partial charge in [-0.2, -0.15) is 17.5 Å². The molecule has 4 heterocycles. The lowest BCUT2D eigenvalue weighted by molar-refractivity contribution is 0.490. The molecule has 0 aliphatic rings. The Labute approximate surface area is 409 Å². The van der Waals surface area contributed by atoms with Crippen LogP contribution in [0, 0.1) is 0 Å². The summed E-state index contributed by atoms with van der Waals surface area (Å²) in [5.74, 6) is 0. The number of sulfonamides is 3. The number of hydrogen-bond acceptors (Lipinski definition) is 14. The number of rotatable bonds is 6. The van der Waals surface area contributed by atoms with Gasteiger partial charge in [-0.3, -0.25) is 0 Å². The van der Waals surface area contributed by atoms with Crippen LogP contribution in [-0.2, 0) is 30.1 Å². The Kier molecular flexibility index (Phi) is 16.6. The van der Waals surface area contributed by atoms with E-state index in [4.69, 9.17) is 46.4 Å². The molecular formula is C40H43Cl4N7O6S7. The second kappa shape index (κ2) is 20.3. The number of nitrogens with zero attached hydrogens (tertiary/aromatic N) is 4. The zero-order valence-corrected chi connectivity index (χ0v) is 44.4. The SMILES string of the molecule is CC(C)(C)NS(=O)(=O)c1ccc2c(Cl)nsc2c1.CC(C)(C)NS(=O)(=O)c1cccc2c(Cl)nsc12.CC(C)(C)NS(=O)(=O)c1cccc2snc(Cl)c12.Clc1nsc2ccccc12. The van der Waals surface area contributed by atoms with Crippen LogP contribution in [0.25, 0.3) is 40.3 Å². The number of hydrogen-bond donors (Lipinski definition) is 3. The molecule has 0 aliphatic carbocycles. The van der Waals surface area contributed by atoms with Crippen molar-refractivity contribution < 1.29 is 25.3 Å². The molecule has 0 fully saturated rings. The summed E-state index contributed by atoms with van der Waals surface area (Å²) in [7, 11) is -10.7. The van der Waals surface area contributed by atoms with E-state index in [-0.39, 0.29) is 19.8 Å². The zero-order chi connectivity index (χ0) is 47.6. The quantitative estimate of drug-likeness (QED) is 0.144. The van der Waals surface area contributed by atoms with Crippen molar-refractivity contribution in [1.82, 2.24) is 31.7 Å². The molecule has 13 nitrogen and oxygen atoms in total. The van der Waals surface area contributed by atoms with Gasteiger partial charge in [-0.25, -0.2) is 39.4 Å². The molecule has 0 aliphatic heterocycles. The van der Waals surface area contributed by atoms with E-state index >= 15 is 0 Å². The summed E-state index contributed by atoms with van der Waals surface area (Å²) >= 11 is 28.4. The van der Waals surface area contributed by atoms with Crippen molar-refractivity contribution in [2.24, 2.45) is 0 Å². The van der Waals surface area contributed by atoms with E-state index in [1.54, 1.807) is 105 Å². The average Bonchev–Trinajstić information content (AvgIpc) is 3.95. The lowest BCUT2D eigenvalue weighted by Crippen LogP contribution is -2.40. The largest absolute Gasteiger partial charge is 0.242 e. The van der Waals surface area contributed by atoms with Gasteiger partial charge in [-0.05, 0) is 151 Å². The maximum Gasteiger partial charge on any atom is 0.242 e. The first-order chi connectivity index (χ1) is 29.5. The van der Waals surface area contributed by atoms with E-state index < -0.39 is 46.7 Å². The standard InChI is InChI=1S/3C11H13ClN2O2S2.C7H4ClNS/c1-11(2,3)14-18(15,16)7-4-5-8-9(6-7)17-13-10(8)12;1-11(2,3)14-18(15,16)8-6-4-5-7-9(8)10(12)13-17-7;1-11(2,3)14-18(15,16)8-6-4-5-7-9(8)17-13-10(7)12;8-7-5-3-1-2-4-6(5)10-9-7/h3*4-6,14H,1-3H3;1-4H. The average molecular weight is 1080 g/mol. The fourth-order valence-corrected chi connectivity index (χ4v) is 14.9. The topological polar surface area (TPSA) is 190 Å². The third-order valence-corrected chi connectivity index (χ3v) is 18.1. The Hall–Kier alpha value is -2.67. The number of aromatic nitrogens is 4. The first-order valence-corrected chi connectivity index (χ1v) is 27.8. The Morgan fingerprint density at radius 2 is 0.859 bits per heavy atom. The highest BCUT2D eigenvalue weighted by molar-refractivity contribution is 7.90. The van der Waals surface area contributed by atoms with Crippen molar-refractivity contribution in [2.45, 2.75) is 93.6 Å². The van der Waals surface area contributed by atoms with Crippen molar-refractivity contribution in [3.63, 3.8) is 0 Å². The van der Waals surface area contributed by atoms with Crippen molar-refractivity contribution in [1.29, 1.82) is 0 Å². The number of nitrogens with one attached hydrogen (secondary N) is 3. The minimum atomic E-state index is -3.60. The van der Waals surface area contributed by atoms with Gasteiger partial charge < -0.3 is 0 Å². The molecule has 344 valence electrons. The van der Waals surface area contributed by atoms with Gasteiger partial charge in [0.05, 0.1) is 34.0 Å². The molecule has 8 rings (SSSR count). The molecule has 64 heavy (non-hydrogen) atoms. The van der Waals surface area contributed by atoms with Gasteiger partial charge in [0.25, 0.3) is 0 Å². The first kappa shape index (κ1) is 52.3. The second-order valence-corrected chi connectivity index (χ2v) is 26.5. The summed E-state index contributed by atoms with van der Waals surface area (Å²) < 4.78 is 101. The van der Waals surface area contributed by atoms with Crippen LogP contribution in [0.15, 0.2) is 93.5 Å².